The largest absolute Gasteiger partial charge is 0.391 e. The van der Waals surface area contributed by atoms with E-state index in [1.807, 2.05) is 0 Å². The zero-order valence-electron chi connectivity index (χ0n) is 7.58. The van der Waals surface area contributed by atoms with Gasteiger partial charge >= 0.3 is 12.4 Å². The molecule has 14 heavy (non-hydrogen) atoms. The van der Waals surface area contributed by atoms with E-state index in [-0.39, 0.29) is 0 Å². The summed E-state index contributed by atoms with van der Waals surface area (Å²) in [5.41, 5.74) is 0. The molecule has 0 aromatic carbocycles. The predicted molar refractivity (Wildman–Crippen MR) is 39.9 cm³/mol. The van der Waals surface area contributed by atoms with Crippen molar-refractivity contribution in [3.05, 3.63) is 0 Å². The molecule has 0 rings (SSSR count). The number of rotatable bonds is 2. The summed E-state index contributed by atoms with van der Waals surface area (Å²) < 4.78 is 72.0. The van der Waals surface area contributed by atoms with E-state index >= 15 is 0 Å². The molecule has 0 aliphatic heterocycles. The van der Waals surface area contributed by atoms with Crippen molar-refractivity contribution in [3.8, 4) is 0 Å². The summed E-state index contributed by atoms with van der Waals surface area (Å²) in [5.74, 6) is -6.30. The van der Waals surface area contributed by atoms with Crippen LogP contribution < -0.4 is 0 Å². The number of alkyl halides is 6. The first-order chi connectivity index (χ1) is 5.98. The van der Waals surface area contributed by atoms with E-state index < -0.39 is 30.0 Å². The van der Waals surface area contributed by atoms with Gasteiger partial charge in [-0.1, -0.05) is 19.7 Å². The Kier molecular flexibility index (Phi) is 3.92. The van der Waals surface area contributed by atoms with Crippen LogP contribution in [0.15, 0.2) is 0 Å². The van der Waals surface area contributed by atoms with Gasteiger partial charge in [0.2, 0.25) is 0 Å². The molecule has 82 valence electrons. The molecule has 0 N–H and O–H groups in total. The van der Waals surface area contributed by atoms with Crippen molar-refractivity contribution in [3.63, 3.8) is 0 Å². The average molecular weight is 218 g/mol. The zero-order chi connectivity index (χ0) is 11.7. The molecular weight excluding hydrogens is 209 g/mol. The Morgan fingerprint density at radius 1 is 0.786 bits per heavy atom. The molecule has 7 heteroatoms. The van der Waals surface area contributed by atoms with E-state index in [0.29, 0.717) is 13.8 Å². The highest BCUT2D eigenvalue weighted by molar-refractivity contribution is 6.12. The molecule has 0 saturated carbocycles. The molecule has 2 atom stereocenters. The van der Waals surface area contributed by atoms with Gasteiger partial charge in [0.05, 0.1) is 7.85 Å². The molecule has 2 radical (unpaired) electrons. The predicted octanol–water partition coefficient (Wildman–Crippen LogP) is 3.34. The van der Waals surface area contributed by atoms with Crippen LogP contribution in [0.4, 0.5) is 26.3 Å². The highest BCUT2D eigenvalue weighted by Gasteiger charge is 2.47. The van der Waals surface area contributed by atoms with Crippen LogP contribution in [0.1, 0.15) is 13.8 Å². The minimum absolute atomic E-state index is 0.646. The third-order valence-electron chi connectivity index (χ3n) is 2.19. The molecular formula is C7H9BF6. The van der Waals surface area contributed by atoms with Crippen molar-refractivity contribution in [1.82, 2.24) is 0 Å². The Bertz CT molecular complexity index is 164. The monoisotopic (exact) mass is 218 g/mol. The fourth-order valence-electron chi connectivity index (χ4n) is 0.869. The Morgan fingerprint density at radius 2 is 1.00 bits per heavy atom. The van der Waals surface area contributed by atoms with Crippen LogP contribution >= 0.6 is 0 Å². The molecule has 0 spiro atoms. The molecule has 0 heterocycles. The summed E-state index contributed by atoms with van der Waals surface area (Å²) >= 11 is 0. The minimum Gasteiger partial charge on any atom is -0.171 e. The summed E-state index contributed by atoms with van der Waals surface area (Å²) in [6.45, 7) is 1.29. The maximum absolute atomic E-state index is 12.0. The molecule has 0 bridgehead atoms. The molecule has 0 aromatic heterocycles. The molecule has 0 amide bonds. The van der Waals surface area contributed by atoms with Gasteiger partial charge in [-0.3, -0.25) is 0 Å². The second-order valence-electron chi connectivity index (χ2n) is 3.24. The molecule has 0 saturated heterocycles. The summed E-state index contributed by atoms with van der Waals surface area (Å²) in [5, 5.41) is 0. The van der Waals surface area contributed by atoms with Crippen LogP contribution in [0, 0.1) is 11.8 Å². The summed E-state index contributed by atoms with van der Waals surface area (Å²) in [7, 11) is 4.89. The third kappa shape index (κ3) is 3.42. The standard InChI is InChI=1S/C7H9BF6/c1-3(6(9,10)11)5(8)4(2)7(12,13)14/h3-5H,1-2H3. The Hall–Kier alpha value is -0.355. The van der Waals surface area contributed by atoms with Crippen LogP contribution in [0.2, 0.25) is 5.82 Å². The van der Waals surface area contributed by atoms with E-state index in [2.05, 4.69) is 0 Å². The SMILES string of the molecule is [B]C(C(C)C(F)(F)F)C(C)C(F)(F)F. The van der Waals surface area contributed by atoms with Gasteiger partial charge in [0, 0.05) is 11.8 Å². The fourth-order valence-corrected chi connectivity index (χ4v) is 0.869. The van der Waals surface area contributed by atoms with Gasteiger partial charge < -0.3 is 0 Å². The van der Waals surface area contributed by atoms with Crippen molar-refractivity contribution < 1.29 is 26.3 Å². The van der Waals surface area contributed by atoms with Crippen LogP contribution in [0.5, 0.6) is 0 Å². The van der Waals surface area contributed by atoms with E-state index in [0.717, 1.165) is 0 Å². The van der Waals surface area contributed by atoms with E-state index in [4.69, 9.17) is 7.85 Å². The molecule has 0 aliphatic rings. The number of hydrogen-bond donors (Lipinski definition) is 0. The van der Waals surface area contributed by atoms with Gasteiger partial charge in [-0.15, -0.1) is 0 Å². The van der Waals surface area contributed by atoms with Gasteiger partial charge in [0.15, 0.2) is 0 Å². The first-order valence-electron chi connectivity index (χ1n) is 3.87. The highest BCUT2D eigenvalue weighted by atomic mass is 19.4. The molecule has 0 aliphatic carbocycles. The maximum atomic E-state index is 12.0. The van der Waals surface area contributed by atoms with Gasteiger partial charge in [-0.05, 0) is 0 Å². The lowest BCUT2D eigenvalue weighted by atomic mass is 9.69. The number of halogens is 6. The molecule has 2 unspecified atom stereocenters. The van der Waals surface area contributed by atoms with Gasteiger partial charge in [0.1, 0.15) is 0 Å². The van der Waals surface area contributed by atoms with E-state index in [1.54, 1.807) is 0 Å². The van der Waals surface area contributed by atoms with Crippen LogP contribution in [-0.4, -0.2) is 20.2 Å². The van der Waals surface area contributed by atoms with E-state index in [9.17, 15) is 26.3 Å². The maximum Gasteiger partial charge on any atom is 0.391 e. The van der Waals surface area contributed by atoms with Gasteiger partial charge in [-0.2, -0.15) is 26.3 Å². The summed E-state index contributed by atoms with van der Waals surface area (Å²) in [6.07, 6.45) is -9.39. The van der Waals surface area contributed by atoms with Crippen molar-refractivity contribution >= 4 is 7.85 Å². The van der Waals surface area contributed by atoms with E-state index in [1.165, 1.54) is 0 Å². The van der Waals surface area contributed by atoms with Crippen LogP contribution in [0.3, 0.4) is 0 Å². The van der Waals surface area contributed by atoms with Crippen LogP contribution in [0.25, 0.3) is 0 Å². The third-order valence-corrected chi connectivity index (χ3v) is 2.19. The quantitative estimate of drug-likeness (QED) is 0.492. The van der Waals surface area contributed by atoms with Gasteiger partial charge in [-0.25, -0.2) is 0 Å². The molecule has 0 aromatic rings. The second kappa shape index (κ2) is 4.02. The second-order valence-corrected chi connectivity index (χ2v) is 3.24. The van der Waals surface area contributed by atoms with Crippen molar-refractivity contribution in [2.24, 2.45) is 11.8 Å². The Balaban J connectivity index is 4.56. The normalized spacial score (nSPS) is 20.3. The highest BCUT2D eigenvalue weighted by Crippen LogP contribution is 2.43. The van der Waals surface area contributed by atoms with Crippen molar-refractivity contribution in [2.75, 3.05) is 0 Å². The minimum atomic E-state index is -4.70. The first-order valence-corrected chi connectivity index (χ1v) is 3.87. The smallest absolute Gasteiger partial charge is 0.171 e. The first kappa shape index (κ1) is 13.6. The van der Waals surface area contributed by atoms with Crippen LogP contribution in [-0.2, 0) is 0 Å². The fraction of sp³-hybridized carbons (Fsp3) is 1.00. The Morgan fingerprint density at radius 3 is 1.14 bits per heavy atom. The van der Waals surface area contributed by atoms with Gasteiger partial charge in [0.25, 0.3) is 0 Å². The lowest BCUT2D eigenvalue weighted by molar-refractivity contribution is -0.203. The topological polar surface area (TPSA) is 0 Å². The lowest BCUT2D eigenvalue weighted by Crippen LogP contribution is -2.34. The van der Waals surface area contributed by atoms with Crippen molar-refractivity contribution in [2.45, 2.75) is 32.0 Å². The zero-order valence-corrected chi connectivity index (χ0v) is 7.58. The summed E-state index contributed by atoms with van der Waals surface area (Å²) in [6, 6.07) is 0. The molecule has 0 fully saturated rings. The molecule has 0 nitrogen and oxygen atoms in total. The number of hydrogen-bond acceptors (Lipinski definition) is 0. The lowest BCUT2D eigenvalue weighted by Gasteiger charge is -2.29. The summed E-state index contributed by atoms with van der Waals surface area (Å²) in [4.78, 5) is 0. The van der Waals surface area contributed by atoms with Crippen molar-refractivity contribution in [1.29, 1.82) is 0 Å². The average Bonchev–Trinajstić information content (AvgIpc) is 1.97. The Labute approximate surface area is 79.1 Å².